The Bertz CT molecular complexity index is 7650. The molecule has 4 fully saturated rings. The molecule has 0 spiro atoms. The van der Waals surface area contributed by atoms with Crippen molar-refractivity contribution >= 4 is 182 Å². The summed E-state index contributed by atoms with van der Waals surface area (Å²) in [6.07, 6.45) is 22.4. The van der Waals surface area contributed by atoms with Crippen LogP contribution in [0.1, 0.15) is 47.0 Å². The number of nitrogens with zero attached hydrogens (tertiary/aromatic N) is 20. The first-order valence-electron chi connectivity index (χ1n) is 46.4. The van der Waals surface area contributed by atoms with Crippen LogP contribution < -0.4 is 81.6 Å². The van der Waals surface area contributed by atoms with Crippen LogP contribution >= 0.6 is 47.8 Å². The highest BCUT2D eigenvalue weighted by molar-refractivity contribution is 9.11. The second-order valence-electron chi connectivity index (χ2n) is 33.1. The van der Waals surface area contributed by atoms with Gasteiger partial charge in [0.25, 0.3) is 11.8 Å². The molecule has 0 bridgehead atoms. The van der Waals surface area contributed by atoms with Gasteiger partial charge in [0.05, 0.1) is 87.4 Å². The lowest BCUT2D eigenvalue weighted by Crippen LogP contribution is -2.41. The van der Waals surface area contributed by atoms with Gasteiger partial charge >= 0.3 is 0 Å². The summed E-state index contributed by atoms with van der Waals surface area (Å²) < 4.78 is 48.0. The summed E-state index contributed by atoms with van der Waals surface area (Å²) in [5, 5.41) is 63.3. The van der Waals surface area contributed by atoms with E-state index < -0.39 is 0 Å². The average Bonchev–Trinajstić information content (AvgIpc) is 1.69. The summed E-state index contributed by atoms with van der Waals surface area (Å²) in [6, 6.07) is 58.0. The lowest BCUT2D eigenvalue weighted by molar-refractivity contribution is -0.000978. The number of ether oxygens (including phenoxy) is 8. The molecule has 38 nitrogen and oxygen atoms in total. The number of benzene rings is 6. The molecule has 16 heterocycles. The van der Waals surface area contributed by atoms with Gasteiger partial charge in [-0.05, 0) is 141 Å². The standard InChI is InChI=1S/C19H20BrN5O2.C19H21N5O2.C18H15BrN6O.C18H16N6O.C15H13BrN4O.C15H14N4O/c1-12-19(27-11-14-8-21-5-6-26-14)25-18(10-22-12)24-17-7-13-3-2-4-16(20)15(13)9-23-17;1-13-19(26-12-16-10-20-6-7-25-16)24-18(11-21-13)23-17-8-14-4-2-3-5-15(14)9-22-17;19-14-3-1-2-11-6-16(23-9-13(11)14)24-17-10-22-15(7-20)18(25-17)26-12-4-5-21-8-12;19-8-15-18(25-14-5-6-20-10-14)24-17(11-21-15)23-16-7-12-3-1-2-4-13(12)9-22-16;1-9-15(21-2)20-14(8-17-9)19-13-6-10-4-3-5-12(16)11(10)7-18-13;1-10-15(20-2)19-14(9-16-10)18-13-7-11-5-3-4-6-12(11)8-17-13/h2-4,7,9-10,14,21H,5-6,8,11H2,1H3,(H,23,24,25);2-5,8-9,11,16,20H,6-7,10,12H2,1H3,(H,22,23,24);1-3,6,9-10,12,21H,4-5,8H2,(H,23,24,25);1-4,7,9,11,14,20H,5-6,10H2,(H,22,23,24);3-8H,1-2H3,(H,18,19,20);3-9H,1-2H3,(H,17,18,19)/t14-;16-;12-;14-;;/m1111../s1. The normalized spacial score (nSPS) is 15.0. The molecule has 18 aromatic rings. The smallest absolute Gasteiger partial charge is 0.253 e. The highest BCUT2D eigenvalue weighted by atomic mass is 79.9. The Labute approximate surface area is 858 Å². The van der Waals surface area contributed by atoms with Gasteiger partial charge in [0.2, 0.25) is 34.9 Å². The predicted molar refractivity (Wildman–Crippen MR) is 567 cm³/mol. The van der Waals surface area contributed by atoms with Crippen molar-refractivity contribution in [2.24, 2.45) is 0 Å². The third-order valence-electron chi connectivity index (χ3n) is 22.7. The number of fused-ring (bicyclic) bond motifs is 6. The topological polar surface area (TPSA) is 474 Å². The minimum absolute atomic E-state index is 0.00259. The van der Waals surface area contributed by atoms with E-state index in [1.54, 1.807) is 51.4 Å². The fraction of sp³-hybridized carbons (Fsp3) is 0.231. The molecule has 41 heteroatoms. The molecule has 4 aliphatic rings. The molecule has 0 amide bonds. The third kappa shape index (κ3) is 27.7. The number of morpholine rings is 2. The molecule has 0 saturated carbocycles. The van der Waals surface area contributed by atoms with Crippen LogP contribution in [0.5, 0.6) is 35.3 Å². The number of nitrogens with one attached hydrogen (secondary N) is 10. The molecule has 4 saturated heterocycles. The van der Waals surface area contributed by atoms with Crippen LogP contribution in [0, 0.1) is 50.4 Å². The van der Waals surface area contributed by atoms with Crippen molar-refractivity contribution in [1.29, 1.82) is 10.5 Å². The van der Waals surface area contributed by atoms with E-state index in [1.165, 1.54) is 12.4 Å². The van der Waals surface area contributed by atoms with Crippen LogP contribution in [0.3, 0.4) is 0 Å². The van der Waals surface area contributed by atoms with Crippen LogP contribution in [-0.4, -0.2) is 207 Å². The van der Waals surface area contributed by atoms with E-state index in [-0.39, 0.29) is 47.6 Å². The maximum atomic E-state index is 9.23. The van der Waals surface area contributed by atoms with Crippen LogP contribution in [0.15, 0.2) is 252 Å². The van der Waals surface area contributed by atoms with Crippen molar-refractivity contribution in [3.8, 4) is 47.4 Å². The number of aromatic nitrogens is 18. The van der Waals surface area contributed by atoms with E-state index >= 15 is 0 Å². The molecule has 734 valence electrons. The van der Waals surface area contributed by atoms with Crippen molar-refractivity contribution in [3.63, 3.8) is 0 Å². The SMILES string of the molecule is COc1nc(Nc2cc3cccc(Br)c3cn2)cnc1C.COc1nc(Nc2cc3ccccc3cn2)cnc1C.Cc1ncc(Nc2cc3cccc(Br)c3cn2)nc1OC[C@H]1CNCCO1.Cc1ncc(Nc2cc3ccccc3cn2)nc1OC[C@H]1CNCCO1.N#Cc1ncc(Nc2cc3cccc(Br)c3cn2)nc1O[C@@H]1CCNC1.N#Cc1ncc(Nc2cc3ccccc3cn2)nc1O[C@@H]1CCNC1. The average molecular weight is 2140 g/mol. The molecule has 0 radical (unpaired) electrons. The number of halogens is 3. The number of rotatable bonds is 24. The van der Waals surface area contributed by atoms with Gasteiger partial charge in [-0.3, -0.25) is 19.9 Å². The number of methoxy groups -OCH3 is 2. The van der Waals surface area contributed by atoms with Crippen molar-refractivity contribution in [2.75, 3.05) is 125 Å². The summed E-state index contributed by atoms with van der Waals surface area (Å²) in [4.78, 5) is 78.4. The predicted octanol–water partition coefficient (Wildman–Crippen LogP) is 18.1. The number of anilines is 12. The van der Waals surface area contributed by atoms with Crippen molar-refractivity contribution in [3.05, 3.63) is 286 Å². The van der Waals surface area contributed by atoms with Gasteiger partial charge in [-0.1, -0.05) is 157 Å². The molecule has 4 aliphatic heterocycles. The first-order chi connectivity index (χ1) is 70.9. The van der Waals surface area contributed by atoms with E-state index in [9.17, 15) is 10.5 Å². The molecule has 145 heavy (non-hydrogen) atoms. The van der Waals surface area contributed by atoms with Crippen LogP contribution in [0.4, 0.5) is 69.8 Å². The highest BCUT2D eigenvalue weighted by Crippen LogP contribution is 2.34. The fourth-order valence-corrected chi connectivity index (χ4v) is 16.7. The second kappa shape index (κ2) is 49.6. The number of pyridine rings is 6. The molecule has 12 aromatic heterocycles. The van der Waals surface area contributed by atoms with Gasteiger partial charge < -0.3 is 91.1 Å². The van der Waals surface area contributed by atoms with Crippen LogP contribution in [0.25, 0.3) is 64.6 Å². The molecular weight excluding hydrogens is 2040 g/mol. The Balaban J connectivity index is 0.000000120. The molecular formula is C104H99Br3N30O8. The summed E-state index contributed by atoms with van der Waals surface area (Å²) in [5.74, 6) is 10.0. The summed E-state index contributed by atoms with van der Waals surface area (Å²) in [6.45, 7) is 16.3. The number of hydrogen-bond donors (Lipinski definition) is 10. The lowest BCUT2D eigenvalue weighted by atomic mass is 10.2. The Morgan fingerprint density at radius 2 is 0.586 bits per heavy atom. The van der Waals surface area contributed by atoms with Crippen LogP contribution in [0.2, 0.25) is 0 Å². The zero-order chi connectivity index (χ0) is 100. The summed E-state index contributed by atoms with van der Waals surface area (Å²) in [5.41, 5.74) is 3.34. The van der Waals surface area contributed by atoms with E-state index in [4.69, 9.17) is 37.9 Å². The van der Waals surface area contributed by atoms with Crippen molar-refractivity contribution in [1.82, 2.24) is 111 Å². The molecule has 0 aliphatic carbocycles. The van der Waals surface area contributed by atoms with Gasteiger partial charge in [-0.2, -0.15) is 40.4 Å². The number of hydrogen-bond acceptors (Lipinski definition) is 38. The van der Waals surface area contributed by atoms with Gasteiger partial charge in [0.15, 0.2) is 34.9 Å². The minimum atomic E-state index is 0.00259. The Kier molecular flexibility index (Phi) is 34.4. The van der Waals surface area contributed by atoms with E-state index in [0.717, 1.165) is 172 Å². The van der Waals surface area contributed by atoms with E-state index in [2.05, 4.69) is 197 Å². The van der Waals surface area contributed by atoms with Crippen molar-refractivity contribution < 1.29 is 37.9 Å². The first-order valence-corrected chi connectivity index (χ1v) is 48.7. The number of nitriles is 2. The molecule has 4 atom stereocenters. The zero-order valence-electron chi connectivity index (χ0n) is 79.6. The largest absolute Gasteiger partial charge is 0.480 e. The molecule has 0 unspecified atom stereocenters. The minimum Gasteiger partial charge on any atom is -0.480 e. The Hall–Kier alpha value is -16.0. The first kappa shape index (κ1) is 101. The molecule has 6 aromatic carbocycles. The summed E-state index contributed by atoms with van der Waals surface area (Å²) >= 11 is 10.6. The molecule has 10 N–H and O–H groups in total. The maximum absolute atomic E-state index is 9.23. The molecule has 22 rings (SSSR count). The van der Waals surface area contributed by atoms with E-state index in [1.807, 2.05) is 222 Å². The van der Waals surface area contributed by atoms with Gasteiger partial charge in [0.1, 0.15) is 84.7 Å². The summed E-state index contributed by atoms with van der Waals surface area (Å²) in [7, 11) is 3.15. The Morgan fingerprint density at radius 3 is 0.883 bits per heavy atom. The second-order valence-corrected chi connectivity index (χ2v) is 35.7. The maximum Gasteiger partial charge on any atom is 0.253 e. The van der Waals surface area contributed by atoms with Gasteiger partial charge in [-0.15, -0.1) is 0 Å². The van der Waals surface area contributed by atoms with E-state index in [0.29, 0.717) is 114 Å². The number of aryl methyl sites for hydroxylation is 4. The van der Waals surface area contributed by atoms with Gasteiger partial charge in [-0.25, -0.2) is 39.9 Å². The Morgan fingerprint density at radius 1 is 0.310 bits per heavy atom. The van der Waals surface area contributed by atoms with Crippen LogP contribution in [-0.2, 0) is 9.47 Å². The quantitative estimate of drug-likeness (QED) is 0.0269. The monoisotopic (exact) mass is 2130 g/mol. The lowest BCUT2D eigenvalue weighted by Gasteiger charge is -2.23. The van der Waals surface area contributed by atoms with Crippen molar-refractivity contribution in [2.45, 2.75) is 65.0 Å². The third-order valence-corrected chi connectivity index (χ3v) is 24.8. The van der Waals surface area contributed by atoms with Gasteiger partial charge in [0, 0.05) is 122 Å². The zero-order valence-corrected chi connectivity index (χ0v) is 84.3. The highest BCUT2D eigenvalue weighted by Gasteiger charge is 2.25. The fourth-order valence-electron chi connectivity index (χ4n) is 15.2.